The zero-order valence-corrected chi connectivity index (χ0v) is 18.5. The van der Waals surface area contributed by atoms with Crippen LogP contribution in [0.5, 0.6) is 0 Å². The molecule has 0 atom stereocenters. The monoisotopic (exact) mass is 425 g/mol. The number of rotatable bonds is 5. The van der Waals surface area contributed by atoms with Crippen molar-refractivity contribution in [3.8, 4) is 0 Å². The van der Waals surface area contributed by atoms with Crippen molar-refractivity contribution in [2.24, 2.45) is 4.99 Å². The number of piperidine rings is 1. The van der Waals surface area contributed by atoms with E-state index in [9.17, 15) is 4.79 Å². The Labute approximate surface area is 183 Å². The van der Waals surface area contributed by atoms with Gasteiger partial charge in [0.15, 0.2) is 5.96 Å². The Morgan fingerprint density at radius 3 is 2.77 bits per heavy atom. The van der Waals surface area contributed by atoms with Crippen LogP contribution < -0.4 is 20.4 Å². The molecule has 2 N–H and O–H groups in total. The summed E-state index contributed by atoms with van der Waals surface area (Å²) < 4.78 is 0. The topological polar surface area (TPSA) is 60.0 Å². The predicted molar refractivity (Wildman–Crippen MR) is 126 cm³/mol. The van der Waals surface area contributed by atoms with Crippen molar-refractivity contribution in [1.82, 2.24) is 10.6 Å². The molecule has 7 heteroatoms. The third kappa shape index (κ3) is 4.95. The maximum absolute atomic E-state index is 12.9. The number of aryl methyl sites for hydroxylation is 1. The van der Waals surface area contributed by atoms with E-state index in [0.29, 0.717) is 6.04 Å². The van der Waals surface area contributed by atoms with Crippen LogP contribution in [0.25, 0.3) is 0 Å². The van der Waals surface area contributed by atoms with Gasteiger partial charge in [-0.05, 0) is 61.7 Å². The van der Waals surface area contributed by atoms with Gasteiger partial charge in [-0.15, -0.1) is 11.3 Å². The number of nitrogens with zero attached hydrogens (tertiary/aromatic N) is 3. The van der Waals surface area contributed by atoms with E-state index in [1.54, 1.807) is 11.3 Å². The number of guanidine groups is 1. The normalized spacial score (nSPS) is 17.6. The van der Waals surface area contributed by atoms with E-state index >= 15 is 0 Å². The summed E-state index contributed by atoms with van der Waals surface area (Å²) in [6, 6.07) is 12.9. The van der Waals surface area contributed by atoms with Gasteiger partial charge in [0.25, 0.3) is 0 Å². The number of anilines is 2. The number of thiophene rings is 1. The zero-order valence-electron chi connectivity index (χ0n) is 17.6. The van der Waals surface area contributed by atoms with Crippen molar-refractivity contribution >= 4 is 33.9 Å². The highest BCUT2D eigenvalue weighted by Gasteiger charge is 2.23. The molecule has 160 valence electrons. The summed E-state index contributed by atoms with van der Waals surface area (Å²) >= 11 is 1.80. The van der Waals surface area contributed by atoms with Crippen molar-refractivity contribution in [2.75, 3.05) is 42.5 Å². The van der Waals surface area contributed by atoms with Gasteiger partial charge in [-0.1, -0.05) is 18.2 Å². The average Bonchev–Trinajstić information content (AvgIpc) is 3.32. The second-order valence-electron chi connectivity index (χ2n) is 7.83. The van der Waals surface area contributed by atoms with Crippen LogP contribution in [0.3, 0.4) is 0 Å². The number of aliphatic imine (C=N–C) groups is 1. The predicted octanol–water partition coefficient (Wildman–Crippen LogP) is 3.25. The fourth-order valence-corrected chi connectivity index (χ4v) is 5.02. The van der Waals surface area contributed by atoms with Gasteiger partial charge in [-0.2, -0.15) is 0 Å². The minimum Gasteiger partial charge on any atom is -0.363 e. The molecule has 3 heterocycles. The molecule has 6 nitrogen and oxygen atoms in total. The Kier molecular flexibility index (Phi) is 6.89. The first-order valence-electron chi connectivity index (χ1n) is 11.0. The smallest absolute Gasteiger partial charge is 0.248 e. The maximum atomic E-state index is 12.9. The van der Waals surface area contributed by atoms with Crippen molar-refractivity contribution in [1.29, 1.82) is 0 Å². The molecule has 1 aromatic carbocycles. The van der Waals surface area contributed by atoms with Crippen LogP contribution in [0.15, 0.2) is 46.8 Å². The maximum Gasteiger partial charge on any atom is 0.248 e. The molecule has 1 aromatic heterocycles. The van der Waals surface area contributed by atoms with Gasteiger partial charge in [0.2, 0.25) is 5.91 Å². The van der Waals surface area contributed by atoms with E-state index < -0.39 is 0 Å². The largest absolute Gasteiger partial charge is 0.363 e. The van der Waals surface area contributed by atoms with Crippen LogP contribution >= 0.6 is 11.3 Å². The fraction of sp³-hybridized carbons (Fsp3) is 0.478. The highest BCUT2D eigenvalue weighted by atomic mass is 32.1. The first kappa shape index (κ1) is 20.7. The van der Waals surface area contributed by atoms with Gasteiger partial charge in [-0.25, -0.2) is 4.99 Å². The third-order valence-electron chi connectivity index (χ3n) is 5.78. The quantitative estimate of drug-likeness (QED) is 0.570. The Bertz CT molecular complexity index is 858. The minimum atomic E-state index is 0.0619. The second-order valence-corrected chi connectivity index (χ2v) is 8.76. The number of carbonyl (C=O) groups excluding carboxylic acids is 1. The van der Waals surface area contributed by atoms with Gasteiger partial charge < -0.3 is 20.4 Å². The lowest BCUT2D eigenvalue weighted by atomic mass is 10.0. The summed E-state index contributed by atoms with van der Waals surface area (Å²) in [5, 5.41) is 10.3. The average molecular weight is 426 g/mol. The number of para-hydroxylation sites is 1. The molecule has 2 aliphatic heterocycles. The number of fused-ring (bicyclic) bond motifs is 1. The molecule has 0 aliphatic carbocycles. The molecule has 1 amide bonds. The Morgan fingerprint density at radius 2 is 2.00 bits per heavy atom. The number of nitrogens with one attached hydrogen (secondary N) is 2. The van der Waals surface area contributed by atoms with Gasteiger partial charge in [-0.3, -0.25) is 4.79 Å². The van der Waals surface area contributed by atoms with Crippen LogP contribution in [-0.2, 0) is 11.2 Å². The number of carbonyl (C=O) groups is 1. The Balaban J connectivity index is 1.34. The fourth-order valence-electron chi connectivity index (χ4n) is 4.23. The molecule has 1 saturated heterocycles. The Morgan fingerprint density at radius 1 is 1.17 bits per heavy atom. The molecule has 0 unspecified atom stereocenters. The minimum absolute atomic E-state index is 0.0619. The zero-order chi connectivity index (χ0) is 20.8. The lowest BCUT2D eigenvalue weighted by Gasteiger charge is -2.33. The molecule has 0 bridgehead atoms. The van der Waals surface area contributed by atoms with Gasteiger partial charge in [0.1, 0.15) is 6.54 Å². The summed E-state index contributed by atoms with van der Waals surface area (Å²) in [4.78, 5) is 21.9. The summed E-state index contributed by atoms with van der Waals surface area (Å²) in [7, 11) is 0. The van der Waals surface area contributed by atoms with Gasteiger partial charge in [0.05, 0.1) is 5.00 Å². The molecular formula is C23H31N5OS. The molecule has 0 radical (unpaired) electrons. The number of amides is 1. The standard InChI is InChI=1S/C23H31N5OS/c1-2-24-23(26-19-11-14-27(15-12-19)22-10-6-16-30-22)25-17-21(29)28-13-5-8-18-7-3-4-9-20(18)28/h3-4,6-7,9-10,16,19H,2,5,8,11-15,17H2,1H3,(H2,24,25,26). The number of benzene rings is 1. The van der Waals surface area contributed by atoms with Crippen molar-refractivity contribution in [2.45, 2.75) is 38.6 Å². The molecule has 2 aromatic rings. The van der Waals surface area contributed by atoms with Crippen LogP contribution in [0.2, 0.25) is 0 Å². The van der Waals surface area contributed by atoms with Crippen molar-refractivity contribution in [3.05, 3.63) is 47.3 Å². The van der Waals surface area contributed by atoms with Gasteiger partial charge in [0, 0.05) is 37.9 Å². The highest BCUT2D eigenvalue weighted by molar-refractivity contribution is 7.14. The summed E-state index contributed by atoms with van der Waals surface area (Å²) in [5.74, 6) is 0.803. The second kappa shape index (κ2) is 9.98. The summed E-state index contributed by atoms with van der Waals surface area (Å²) in [5.41, 5.74) is 2.30. The van der Waals surface area contributed by atoms with E-state index in [2.05, 4.69) is 51.0 Å². The van der Waals surface area contributed by atoms with E-state index in [0.717, 1.165) is 63.5 Å². The first-order chi connectivity index (χ1) is 14.7. The van der Waals surface area contributed by atoms with E-state index in [4.69, 9.17) is 0 Å². The van der Waals surface area contributed by atoms with Gasteiger partial charge >= 0.3 is 0 Å². The van der Waals surface area contributed by atoms with E-state index in [1.807, 2.05) is 23.1 Å². The third-order valence-corrected chi connectivity index (χ3v) is 6.71. The van der Waals surface area contributed by atoms with Crippen molar-refractivity contribution in [3.63, 3.8) is 0 Å². The molecule has 1 fully saturated rings. The van der Waals surface area contributed by atoms with Crippen LogP contribution in [0, 0.1) is 0 Å². The summed E-state index contributed by atoms with van der Waals surface area (Å²) in [6.07, 6.45) is 4.18. The lowest BCUT2D eigenvalue weighted by molar-refractivity contribution is -0.117. The summed E-state index contributed by atoms with van der Waals surface area (Å²) in [6.45, 7) is 5.86. The molecular weight excluding hydrogens is 394 g/mol. The first-order valence-corrected chi connectivity index (χ1v) is 11.8. The number of hydrogen-bond acceptors (Lipinski definition) is 4. The van der Waals surface area contributed by atoms with Crippen LogP contribution in [0.4, 0.5) is 10.7 Å². The molecule has 30 heavy (non-hydrogen) atoms. The van der Waals surface area contributed by atoms with E-state index in [-0.39, 0.29) is 12.5 Å². The Hall–Kier alpha value is -2.54. The highest BCUT2D eigenvalue weighted by Crippen LogP contribution is 2.27. The number of hydrogen-bond donors (Lipinski definition) is 2. The van der Waals surface area contributed by atoms with E-state index in [1.165, 1.54) is 10.6 Å². The van der Waals surface area contributed by atoms with Crippen LogP contribution in [-0.4, -0.2) is 50.6 Å². The SMILES string of the molecule is CCNC(=NCC(=O)N1CCCc2ccccc21)NC1CCN(c2cccs2)CC1. The molecule has 0 saturated carbocycles. The molecule has 4 rings (SSSR count). The van der Waals surface area contributed by atoms with Crippen LogP contribution in [0.1, 0.15) is 31.7 Å². The lowest BCUT2D eigenvalue weighted by Crippen LogP contribution is -2.49. The van der Waals surface area contributed by atoms with Crippen molar-refractivity contribution < 1.29 is 4.79 Å². The molecule has 2 aliphatic rings. The molecule has 0 spiro atoms.